The molecule has 0 aliphatic heterocycles. The molecule has 1 heterocycles. The molecule has 1 fully saturated rings. The summed E-state index contributed by atoms with van der Waals surface area (Å²) in [5.74, 6) is 2.74. The van der Waals surface area contributed by atoms with Crippen LogP contribution in [0.5, 0.6) is 0 Å². The highest BCUT2D eigenvalue weighted by atomic mass is 127. The van der Waals surface area contributed by atoms with Crippen molar-refractivity contribution in [1.29, 1.82) is 0 Å². The zero-order valence-electron chi connectivity index (χ0n) is 13.1. The van der Waals surface area contributed by atoms with Crippen LogP contribution in [0, 0.1) is 5.92 Å². The number of aryl methyl sites for hydroxylation is 1. The number of nitrogens with zero attached hydrogens (tertiary/aromatic N) is 2. The molecule has 120 valence electrons. The molecule has 22 heavy (non-hydrogen) atoms. The Kier molecular flexibility index (Phi) is 6.05. The molecule has 3 rings (SSSR count). The van der Waals surface area contributed by atoms with Crippen LogP contribution in [0.1, 0.15) is 25.6 Å². The van der Waals surface area contributed by atoms with Crippen LogP contribution in [0.15, 0.2) is 29.3 Å². The van der Waals surface area contributed by atoms with E-state index in [0.717, 1.165) is 48.1 Å². The maximum atomic E-state index is 4.59. The van der Waals surface area contributed by atoms with Gasteiger partial charge in [0.2, 0.25) is 0 Å². The predicted octanol–water partition coefficient (Wildman–Crippen LogP) is 2.69. The van der Waals surface area contributed by atoms with E-state index in [0.29, 0.717) is 6.04 Å². The molecule has 1 aliphatic rings. The van der Waals surface area contributed by atoms with Gasteiger partial charge in [0.25, 0.3) is 0 Å². The Morgan fingerprint density at radius 3 is 2.86 bits per heavy atom. The number of benzene rings is 1. The molecule has 2 aromatic rings. The average Bonchev–Trinajstić information content (AvgIpc) is 3.02. The van der Waals surface area contributed by atoms with Crippen LogP contribution >= 0.6 is 24.0 Å². The first-order chi connectivity index (χ1) is 10.3. The van der Waals surface area contributed by atoms with Gasteiger partial charge in [0.15, 0.2) is 5.96 Å². The van der Waals surface area contributed by atoms with Crippen molar-refractivity contribution in [3.05, 3.63) is 30.1 Å². The number of aromatic nitrogens is 2. The molecule has 1 saturated carbocycles. The van der Waals surface area contributed by atoms with Gasteiger partial charge in [-0.15, -0.1) is 24.0 Å². The number of rotatable bonds is 5. The van der Waals surface area contributed by atoms with E-state index in [1.54, 1.807) is 0 Å². The minimum absolute atomic E-state index is 0. The van der Waals surface area contributed by atoms with Crippen molar-refractivity contribution in [3.63, 3.8) is 0 Å². The van der Waals surface area contributed by atoms with Gasteiger partial charge in [-0.2, -0.15) is 0 Å². The zero-order chi connectivity index (χ0) is 14.7. The second-order valence-corrected chi connectivity index (χ2v) is 5.77. The Bertz CT molecular complexity index is 603. The first kappa shape index (κ1) is 17.1. The lowest BCUT2D eigenvalue weighted by Crippen LogP contribution is -2.39. The highest BCUT2D eigenvalue weighted by Crippen LogP contribution is 2.28. The van der Waals surface area contributed by atoms with Crippen LogP contribution in [0.3, 0.4) is 0 Å². The van der Waals surface area contributed by atoms with E-state index in [4.69, 9.17) is 0 Å². The third-order valence-electron chi connectivity index (χ3n) is 3.98. The number of H-pyrrole nitrogens is 1. The Balaban J connectivity index is 0.00000176. The largest absolute Gasteiger partial charge is 0.356 e. The van der Waals surface area contributed by atoms with Crippen molar-refractivity contribution in [1.82, 2.24) is 20.6 Å². The Hall–Kier alpha value is -1.31. The molecule has 5 nitrogen and oxygen atoms in total. The summed E-state index contributed by atoms with van der Waals surface area (Å²) >= 11 is 0. The van der Waals surface area contributed by atoms with Crippen LogP contribution in [0.2, 0.25) is 0 Å². The smallest absolute Gasteiger partial charge is 0.191 e. The molecule has 0 saturated heterocycles. The number of hydrogen-bond donors (Lipinski definition) is 3. The first-order valence-corrected chi connectivity index (χ1v) is 7.67. The third-order valence-corrected chi connectivity index (χ3v) is 3.98. The normalized spacial score (nSPS) is 20.5. The van der Waals surface area contributed by atoms with Gasteiger partial charge < -0.3 is 15.6 Å². The van der Waals surface area contributed by atoms with E-state index in [1.165, 1.54) is 6.42 Å². The standard InChI is InChI=1S/C16H23N5.HI/c1-11-10-14(11)21-16(17-2)18-9-5-8-15-19-12-6-3-4-7-13(12)20-15;/h3-4,6-7,11,14H,5,8-10H2,1-2H3,(H,19,20)(H2,17,18,21);1H. The van der Waals surface area contributed by atoms with Gasteiger partial charge in [-0.25, -0.2) is 4.98 Å². The van der Waals surface area contributed by atoms with Crippen LogP contribution in [-0.4, -0.2) is 35.6 Å². The fraction of sp³-hybridized carbons (Fsp3) is 0.500. The van der Waals surface area contributed by atoms with Gasteiger partial charge in [0.05, 0.1) is 11.0 Å². The molecule has 1 aliphatic carbocycles. The summed E-state index contributed by atoms with van der Waals surface area (Å²) in [6.07, 6.45) is 3.22. The molecule has 3 N–H and O–H groups in total. The van der Waals surface area contributed by atoms with E-state index >= 15 is 0 Å². The molecule has 1 aromatic carbocycles. The number of hydrogen-bond acceptors (Lipinski definition) is 2. The summed E-state index contributed by atoms with van der Waals surface area (Å²) in [5.41, 5.74) is 2.15. The van der Waals surface area contributed by atoms with Crippen molar-refractivity contribution >= 4 is 41.0 Å². The fourth-order valence-corrected chi connectivity index (χ4v) is 2.48. The summed E-state index contributed by atoms with van der Waals surface area (Å²) in [6.45, 7) is 3.16. The number of nitrogens with one attached hydrogen (secondary N) is 3. The molecule has 1 aromatic heterocycles. The lowest BCUT2D eigenvalue weighted by atomic mass is 10.3. The van der Waals surface area contributed by atoms with Crippen molar-refractivity contribution in [2.45, 2.75) is 32.2 Å². The Morgan fingerprint density at radius 2 is 2.18 bits per heavy atom. The SMILES string of the molecule is CN=C(NCCCc1nc2ccccc2[nH]1)NC1CC1C.I. The van der Waals surface area contributed by atoms with Crippen molar-refractivity contribution in [2.75, 3.05) is 13.6 Å². The monoisotopic (exact) mass is 413 g/mol. The average molecular weight is 413 g/mol. The number of guanidine groups is 1. The lowest BCUT2D eigenvalue weighted by molar-refractivity contribution is 0.715. The summed E-state index contributed by atoms with van der Waals surface area (Å²) < 4.78 is 0. The predicted molar refractivity (Wildman–Crippen MR) is 102 cm³/mol. The molecule has 2 unspecified atom stereocenters. The fourth-order valence-electron chi connectivity index (χ4n) is 2.48. The zero-order valence-corrected chi connectivity index (χ0v) is 15.4. The maximum Gasteiger partial charge on any atom is 0.191 e. The van der Waals surface area contributed by atoms with Crippen molar-refractivity contribution in [2.24, 2.45) is 10.9 Å². The van der Waals surface area contributed by atoms with Gasteiger partial charge in [0, 0.05) is 26.1 Å². The second kappa shape index (κ2) is 7.80. The molecule has 0 bridgehead atoms. The highest BCUT2D eigenvalue weighted by molar-refractivity contribution is 14.0. The van der Waals surface area contributed by atoms with E-state index in [9.17, 15) is 0 Å². The minimum atomic E-state index is 0. The second-order valence-electron chi connectivity index (χ2n) is 5.77. The van der Waals surface area contributed by atoms with Gasteiger partial charge in [0.1, 0.15) is 5.82 Å². The van der Waals surface area contributed by atoms with E-state index < -0.39 is 0 Å². The van der Waals surface area contributed by atoms with Crippen LogP contribution < -0.4 is 10.6 Å². The number of halogens is 1. The van der Waals surface area contributed by atoms with E-state index in [-0.39, 0.29) is 24.0 Å². The Labute approximate surface area is 148 Å². The van der Waals surface area contributed by atoms with Crippen molar-refractivity contribution < 1.29 is 0 Å². The van der Waals surface area contributed by atoms with E-state index in [2.05, 4.69) is 38.6 Å². The molecular formula is C16H24IN5. The summed E-state index contributed by atoms with van der Waals surface area (Å²) in [4.78, 5) is 12.2. The van der Waals surface area contributed by atoms with Crippen LogP contribution in [0.4, 0.5) is 0 Å². The third kappa shape index (κ3) is 4.34. The lowest BCUT2D eigenvalue weighted by Gasteiger charge is -2.10. The molecule has 0 amide bonds. The maximum absolute atomic E-state index is 4.59. The van der Waals surface area contributed by atoms with Gasteiger partial charge in [-0.05, 0) is 30.9 Å². The quantitative estimate of drug-likeness (QED) is 0.306. The summed E-state index contributed by atoms with van der Waals surface area (Å²) in [7, 11) is 1.82. The molecule has 0 radical (unpaired) electrons. The topological polar surface area (TPSA) is 65.1 Å². The molecule has 0 spiro atoms. The Morgan fingerprint density at radius 1 is 1.41 bits per heavy atom. The van der Waals surface area contributed by atoms with Gasteiger partial charge >= 0.3 is 0 Å². The first-order valence-electron chi connectivity index (χ1n) is 7.67. The van der Waals surface area contributed by atoms with Crippen LogP contribution in [0.25, 0.3) is 11.0 Å². The highest BCUT2D eigenvalue weighted by Gasteiger charge is 2.33. The summed E-state index contributed by atoms with van der Waals surface area (Å²) in [5, 5.41) is 6.79. The molecule has 6 heteroatoms. The van der Waals surface area contributed by atoms with E-state index in [1.807, 2.05) is 25.2 Å². The van der Waals surface area contributed by atoms with Gasteiger partial charge in [-0.1, -0.05) is 19.1 Å². The number of para-hydroxylation sites is 2. The number of imidazole rings is 1. The summed E-state index contributed by atoms with van der Waals surface area (Å²) in [6, 6.07) is 8.75. The molecular weight excluding hydrogens is 389 g/mol. The van der Waals surface area contributed by atoms with Crippen molar-refractivity contribution in [3.8, 4) is 0 Å². The van der Waals surface area contributed by atoms with Crippen LogP contribution in [-0.2, 0) is 6.42 Å². The molecule has 2 atom stereocenters. The number of aromatic amines is 1. The number of fused-ring (bicyclic) bond motifs is 1. The van der Waals surface area contributed by atoms with Gasteiger partial charge in [-0.3, -0.25) is 4.99 Å². The number of aliphatic imine (C=N–C) groups is 1. The minimum Gasteiger partial charge on any atom is -0.356 e.